The van der Waals surface area contributed by atoms with Gasteiger partial charge in [0, 0.05) is 17.6 Å². The highest BCUT2D eigenvalue weighted by Crippen LogP contribution is 2.26. The summed E-state index contributed by atoms with van der Waals surface area (Å²) in [5.74, 6) is 0.877. The first-order valence-corrected chi connectivity index (χ1v) is 5.70. The highest BCUT2D eigenvalue weighted by molar-refractivity contribution is 6.29. The van der Waals surface area contributed by atoms with E-state index in [2.05, 4.69) is 15.0 Å². The van der Waals surface area contributed by atoms with Gasteiger partial charge in [-0.05, 0) is 17.5 Å². The van der Waals surface area contributed by atoms with Crippen molar-refractivity contribution in [2.45, 2.75) is 0 Å². The smallest absolute Gasteiger partial charge is 0.229 e. The average Bonchev–Trinajstić information content (AvgIpc) is 2.39. The predicted octanol–water partition coefficient (Wildman–Crippen LogP) is 3.47. The first-order valence-electron chi connectivity index (χ1n) is 5.32. The van der Waals surface area contributed by atoms with Gasteiger partial charge in [0.05, 0.1) is 0 Å². The van der Waals surface area contributed by atoms with Crippen LogP contribution in [0.25, 0.3) is 10.8 Å². The van der Waals surface area contributed by atoms with E-state index < -0.39 is 0 Å². The van der Waals surface area contributed by atoms with Crippen molar-refractivity contribution in [3.8, 4) is 11.8 Å². The summed E-state index contributed by atoms with van der Waals surface area (Å²) in [6, 6.07) is 11.3. The zero-order chi connectivity index (χ0) is 12.4. The van der Waals surface area contributed by atoms with E-state index in [9.17, 15) is 0 Å². The Morgan fingerprint density at radius 2 is 1.89 bits per heavy atom. The maximum atomic E-state index is 5.78. The van der Waals surface area contributed by atoms with E-state index in [0.29, 0.717) is 16.9 Å². The molecule has 3 aromatic rings. The molecule has 0 aliphatic heterocycles. The Labute approximate surface area is 108 Å². The van der Waals surface area contributed by atoms with Crippen LogP contribution >= 0.6 is 11.6 Å². The van der Waals surface area contributed by atoms with E-state index in [-0.39, 0.29) is 0 Å². The molecule has 1 aromatic carbocycles. The fourth-order valence-corrected chi connectivity index (χ4v) is 1.78. The molecule has 2 heterocycles. The van der Waals surface area contributed by atoms with Crippen LogP contribution in [0.4, 0.5) is 0 Å². The second kappa shape index (κ2) is 4.58. The number of halogens is 1. The minimum absolute atomic E-state index is 0.334. The Morgan fingerprint density at radius 3 is 2.78 bits per heavy atom. The van der Waals surface area contributed by atoms with Gasteiger partial charge in [0.2, 0.25) is 11.8 Å². The third-order valence-corrected chi connectivity index (χ3v) is 2.65. The Kier molecular flexibility index (Phi) is 2.78. The SMILES string of the molecule is Clc1cc(Oc2nccc3ccccc23)ncn1. The molecule has 0 amide bonds. The molecule has 0 radical (unpaired) electrons. The molecule has 0 fully saturated rings. The van der Waals surface area contributed by atoms with Crippen LogP contribution in [0, 0.1) is 0 Å². The van der Waals surface area contributed by atoms with Crippen LogP contribution in [-0.4, -0.2) is 15.0 Å². The summed E-state index contributed by atoms with van der Waals surface area (Å²) in [7, 11) is 0. The van der Waals surface area contributed by atoms with Crippen molar-refractivity contribution in [3.05, 3.63) is 54.1 Å². The number of rotatable bonds is 2. The van der Waals surface area contributed by atoms with Crippen LogP contribution in [0.5, 0.6) is 11.8 Å². The van der Waals surface area contributed by atoms with Gasteiger partial charge in [-0.25, -0.2) is 15.0 Å². The maximum Gasteiger partial charge on any atom is 0.229 e. The molecular weight excluding hydrogens is 250 g/mol. The van der Waals surface area contributed by atoms with E-state index >= 15 is 0 Å². The standard InChI is InChI=1S/C13H8ClN3O/c14-11-7-12(17-8-16-11)18-13-10-4-2-1-3-9(10)5-6-15-13/h1-8H. The number of fused-ring (bicyclic) bond motifs is 1. The molecule has 4 nitrogen and oxygen atoms in total. The summed E-state index contributed by atoms with van der Waals surface area (Å²) >= 11 is 5.78. The van der Waals surface area contributed by atoms with Gasteiger partial charge in [-0.2, -0.15) is 0 Å². The molecule has 0 N–H and O–H groups in total. The largest absolute Gasteiger partial charge is 0.420 e. The summed E-state index contributed by atoms with van der Waals surface area (Å²) in [6.07, 6.45) is 3.04. The first-order chi connectivity index (χ1) is 8.83. The third-order valence-electron chi connectivity index (χ3n) is 2.45. The van der Waals surface area contributed by atoms with Crippen molar-refractivity contribution < 1.29 is 4.74 Å². The lowest BCUT2D eigenvalue weighted by molar-refractivity contribution is 0.449. The second-order valence-electron chi connectivity index (χ2n) is 3.62. The quantitative estimate of drug-likeness (QED) is 0.660. The van der Waals surface area contributed by atoms with Crippen molar-refractivity contribution in [1.29, 1.82) is 0 Å². The molecule has 3 rings (SSSR count). The topological polar surface area (TPSA) is 47.9 Å². The molecule has 2 aromatic heterocycles. The number of pyridine rings is 1. The number of hydrogen-bond donors (Lipinski definition) is 0. The van der Waals surface area contributed by atoms with Gasteiger partial charge < -0.3 is 4.74 Å². The number of hydrogen-bond acceptors (Lipinski definition) is 4. The molecule has 18 heavy (non-hydrogen) atoms. The summed E-state index contributed by atoms with van der Waals surface area (Å²) in [4.78, 5) is 12.0. The fourth-order valence-electron chi connectivity index (χ4n) is 1.65. The summed E-state index contributed by atoms with van der Waals surface area (Å²) < 4.78 is 5.63. The molecule has 0 aliphatic carbocycles. The van der Waals surface area contributed by atoms with E-state index in [1.807, 2.05) is 30.3 Å². The predicted molar refractivity (Wildman–Crippen MR) is 68.9 cm³/mol. The van der Waals surface area contributed by atoms with E-state index in [0.717, 1.165) is 10.8 Å². The van der Waals surface area contributed by atoms with Crippen LogP contribution in [0.3, 0.4) is 0 Å². The zero-order valence-electron chi connectivity index (χ0n) is 9.25. The first kappa shape index (κ1) is 10.9. The van der Waals surface area contributed by atoms with Crippen molar-refractivity contribution >= 4 is 22.4 Å². The van der Waals surface area contributed by atoms with Crippen molar-refractivity contribution in [2.24, 2.45) is 0 Å². The van der Waals surface area contributed by atoms with E-state index in [4.69, 9.17) is 16.3 Å². The highest BCUT2D eigenvalue weighted by atomic mass is 35.5. The normalized spacial score (nSPS) is 10.5. The van der Waals surface area contributed by atoms with Gasteiger partial charge in [0.15, 0.2) is 0 Å². The minimum atomic E-state index is 0.334. The molecule has 0 saturated heterocycles. The molecule has 0 atom stereocenters. The molecule has 0 saturated carbocycles. The van der Waals surface area contributed by atoms with Gasteiger partial charge in [-0.3, -0.25) is 0 Å². The Bertz CT molecular complexity index is 697. The Morgan fingerprint density at radius 1 is 1.00 bits per heavy atom. The Balaban J connectivity index is 2.05. The van der Waals surface area contributed by atoms with Crippen LogP contribution < -0.4 is 4.74 Å². The number of benzene rings is 1. The number of ether oxygens (including phenoxy) is 1. The molecular formula is C13H8ClN3O. The van der Waals surface area contributed by atoms with Gasteiger partial charge >= 0.3 is 0 Å². The highest BCUT2D eigenvalue weighted by Gasteiger charge is 2.05. The zero-order valence-corrected chi connectivity index (χ0v) is 10.0. The van der Waals surface area contributed by atoms with Crippen LogP contribution in [-0.2, 0) is 0 Å². The third kappa shape index (κ3) is 2.10. The number of nitrogens with zero attached hydrogens (tertiary/aromatic N) is 3. The van der Waals surface area contributed by atoms with Crippen LogP contribution in [0.1, 0.15) is 0 Å². The van der Waals surface area contributed by atoms with Crippen LogP contribution in [0.15, 0.2) is 48.9 Å². The van der Waals surface area contributed by atoms with Crippen molar-refractivity contribution in [3.63, 3.8) is 0 Å². The minimum Gasteiger partial charge on any atom is -0.420 e. The molecule has 0 spiro atoms. The maximum absolute atomic E-state index is 5.78. The lowest BCUT2D eigenvalue weighted by atomic mass is 10.2. The summed E-state index contributed by atoms with van der Waals surface area (Å²) in [6.45, 7) is 0. The molecule has 5 heteroatoms. The van der Waals surface area contributed by atoms with Crippen molar-refractivity contribution in [1.82, 2.24) is 15.0 Å². The summed E-state index contributed by atoms with van der Waals surface area (Å²) in [5, 5.41) is 2.32. The van der Waals surface area contributed by atoms with Crippen molar-refractivity contribution in [2.75, 3.05) is 0 Å². The molecule has 0 bridgehead atoms. The van der Waals surface area contributed by atoms with Gasteiger partial charge in [0.25, 0.3) is 0 Å². The molecule has 88 valence electrons. The van der Waals surface area contributed by atoms with E-state index in [1.165, 1.54) is 6.33 Å². The van der Waals surface area contributed by atoms with Gasteiger partial charge in [-0.15, -0.1) is 0 Å². The van der Waals surface area contributed by atoms with Gasteiger partial charge in [0.1, 0.15) is 11.5 Å². The number of aromatic nitrogens is 3. The summed E-state index contributed by atoms with van der Waals surface area (Å²) in [5.41, 5.74) is 0. The molecule has 0 unspecified atom stereocenters. The monoisotopic (exact) mass is 257 g/mol. The van der Waals surface area contributed by atoms with E-state index in [1.54, 1.807) is 12.3 Å². The van der Waals surface area contributed by atoms with Crippen LogP contribution in [0.2, 0.25) is 5.15 Å². The Hall–Kier alpha value is -2.20. The average molecular weight is 258 g/mol. The van der Waals surface area contributed by atoms with Gasteiger partial charge in [-0.1, -0.05) is 29.8 Å². The second-order valence-corrected chi connectivity index (χ2v) is 4.01. The lowest BCUT2D eigenvalue weighted by Crippen LogP contribution is -1.92. The fraction of sp³-hybridized carbons (Fsp3) is 0. The molecule has 0 aliphatic rings. The lowest BCUT2D eigenvalue weighted by Gasteiger charge is -2.06.